The fourth-order valence-electron chi connectivity index (χ4n) is 2.63. The number of carbonyl (C=O) groups is 2. The quantitative estimate of drug-likeness (QED) is 0.684. The van der Waals surface area contributed by atoms with Crippen molar-refractivity contribution >= 4 is 11.9 Å². The molecule has 0 aliphatic heterocycles. The Morgan fingerprint density at radius 1 is 1.07 bits per heavy atom. The van der Waals surface area contributed by atoms with Crippen LogP contribution in [0, 0.1) is 6.92 Å². The SMILES string of the molecule is CNC(=O)COC(=O)c1cn(Cc2ccccc2)nc1-c1ccc(C)cc1. The molecule has 138 valence electrons. The second kappa shape index (κ2) is 8.31. The van der Waals surface area contributed by atoms with Crippen LogP contribution >= 0.6 is 0 Å². The van der Waals surface area contributed by atoms with Crippen molar-refractivity contribution in [3.63, 3.8) is 0 Å². The van der Waals surface area contributed by atoms with Crippen LogP contribution in [0.3, 0.4) is 0 Å². The van der Waals surface area contributed by atoms with Gasteiger partial charge in [-0.1, -0.05) is 60.2 Å². The molecule has 27 heavy (non-hydrogen) atoms. The second-order valence-corrected chi connectivity index (χ2v) is 6.19. The molecular weight excluding hydrogens is 342 g/mol. The maximum atomic E-state index is 12.5. The fraction of sp³-hybridized carbons (Fsp3) is 0.190. The molecule has 0 aliphatic rings. The van der Waals surface area contributed by atoms with E-state index in [4.69, 9.17) is 4.74 Å². The van der Waals surface area contributed by atoms with Gasteiger partial charge in [-0.15, -0.1) is 0 Å². The Bertz CT molecular complexity index is 931. The minimum absolute atomic E-state index is 0.327. The van der Waals surface area contributed by atoms with Gasteiger partial charge in [-0.2, -0.15) is 5.10 Å². The number of hydrogen-bond donors (Lipinski definition) is 1. The van der Waals surface area contributed by atoms with E-state index >= 15 is 0 Å². The molecule has 0 aliphatic carbocycles. The van der Waals surface area contributed by atoms with Crippen molar-refractivity contribution in [2.24, 2.45) is 0 Å². The smallest absolute Gasteiger partial charge is 0.342 e. The molecular formula is C21H21N3O3. The third kappa shape index (κ3) is 4.61. The number of nitrogens with zero attached hydrogens (tertiary/aromatic N) is 2. The molecule has 3 rings (SSSR count). The molecule has 0 radical (unpaired) electrons. The van der Waals surface area contributed by atoms with Crippen LogP contribution in [0.4, 0.5) is 0 Å². The van der Waals surface area contributed by atoms with Crippen molar-refractivity contribution < 1.29 is 14.3 Å². The number of aryl methyl sites for hydroxylation is 1. The normalized spacial score (nSPS) is 10.4. The van der Waals surface area contributed by atoms with Gasteiger partial charge in [-0.25, -0.2) is 4.79 Å². The first-order valence-electron chi connectivity index (χ1n) is 8.63. The van der Waals surface area contributed by atoms with Crippen LogP contribution in [0.25, 0.3) is 11.3 Å². The average molecular weight is 363 g/mol. The summed E-state index contributed by atoms with van der Waals surface area (Å²) >= 11 is 0. The first-order valence-corrected chi connectivity index (χ1v) is 8.63. The number of likely N-dealkylation sites (N-methyl/N-ethyl adjacent to an activating group) is 1. The minimum atomic E-state index is -0.575. The van der Waals surface area contributed by atoms with Gasteiger partial charge in [0.1, 0.15) is 11.3 Å². The Balaban J connectivity index is 1.92. The van der Waals surface area contributed by atoms with Gasteiger partial charge in [0.2, 0.25) is 0 Å². The summed E-state index contributed by atoms with van der Waals surface area (Å²) in [5.74, 6) is -0.939. The Morgan fingerprint density at radius 3 is 2.44 bits per heavy atom. The highest BCUT2D eigenvalue weighted by Gasteiger charge is 2.20. The Hall–Kier alpha value is -3.41. The Labute approximate surface area is 157 Å². The van der Waals surface area contributed by atoms with Crippen molar-refractivity contribution in [2.75, 3.05) is 13.7 Å². The largest absolute Gasteiger partial charge is 0.452 e. The molecule has 1 N–H and O–H groups in total. The molecule has 3 aromatic rings. The number of rotatable bonds is 6. The van der Waals surface area contributed by atoms with Crippen LogP contribution in [0.15, 0.2) is 60.8 Å². The van der Waals surface area contributed by atoms with E-state index in [1.54, 1.807) is 10.9 Å². The number of amides is 1. The molecule has 2 aromatic carbocycles. The van der Waals surface area contributed by atoms with E-state index in [1.807, 2.05) is 61.5 Å². The third-order valence-electron chi connectivity index (χ3n) is 4.11. The third-order valence-corrected chi connectivity index (χ3v) is 4.11. The molecule has 0 unspecified atom stereocenters. The van der Waals surface area contributed by atoms with Gasteiger partial charge >= 0.3 is 5.97 Å². The molecule has 0 atom stereocenters. The van der Waals surface area contributed by atoms with E-state index in [0.29, 0.717) is 17.8 Å². The van der Waals surface area contributed by atoms with Crippen LogP contribution in [0.5, 0.6) is 0 Å². The molecule has 0 bridgehead atoms. The first kappa shape index (κ1) is 18.4. The molecule has 0 spiro atoms. The summed E-state index contributed by atoms with van der Waals surface area (Å²) in [5, 5.41) is 7.01. The number of benzene rings is 2. The molecule has 6 nitrogen and oxygen atoms in total. The fourth-order valence-corrected chi connectivity index (χ4v) is 2.63. The van der Waals surface area contributed by atoms with Crippen LogP contribution in [-0.2, 0) is 16.1 Å². The number of aromatic nitrogens is 2. The lowest BCUT2D eigenvalue weighted by atomic mass is 10.1. The molecule has 6 heteroatoms. The minimum Gasteiger partial charge on any atom is -0.452 e. The van der Waals surface area contributed by atoms with Gasteiger partial charge in [0.05, 0.1) is 6.54 Å². The van der Waals surface area contributed by atoms with Crippen molar-refractivity contribution in [3.8, 4) is 11.3 Å². The van der Waals surface area contributed by atoms with Gasteiger partial charge in [-0.3, -0.25) is 9.48 Å². The standard InChI is InChI=1S/C21H21N3O3/c1-15-8-10-17(11-9-15)20-18(21(26)27-14-19(25)22-2)13-24(23-20)12-16-6-4-3-5-7-16/h3-11,13H,12,14H2,1-2H3,(H,22,25). The Kier molecular flexibility index (Phi) is 5.66. The van der Waals surface area contributed by atoms with Crippen LogP contribution in [-0.4, -0.2) is 35.3 Å². The van der Waals surface area contributed by atoms with Crippen LogP contribution in [0.1, 0.15) is 21.5 Å². The Morgan fingerprint density at radius 2 is 1.78 bits per heavy atom. The molecule has 1 amide bonds. The summed E-state index contributed by atoms with van der Waals surface area (Å²) in [4.78, 5) is 23.9. The number of ether oxygens (including phenoxy) is 1. The number of hydrogen-bond acceptors (Lipinski definition) is 4. The summed E-state index contributed by atoms with van der Waals surface area (Å²) in [7, 11) is 1.49. The second-order valence-electron chi connectivity index (χ2n) is 6.19. The van der Waals surface area contributed by atoms with Crippen molar-refractivity contribution in [1.82, 2.24) is 15.1 Å². The molecule has 1 heterocycles. The highest BCUT2D eigenvalue weighted by molar-refractivity contribution is 5.97. The van der Waals surface area contributed by atoms with E-state index in [-0.39, 0.29) is 12.5 Å². The van der Waals surface area contributed by atoms with E-state index in [0.717, 1.165) is 16.7 Å². The molecule has 0 saturated heterocycles. The van der Waals surface area contributed by atoms with Crippen LogP contribution in [0.2, 0.25) is 0 Å². The summed E-state index contributed by atoms with van der Waals surface area (Å²) < 4.78 is 6.84. The molecule has 0 fully saturated rings. The lowest BCUT2D eigenvalue weighted by Gasteiger charge is -2.04. The van der Waals surface area contributed by atoms with E-state index < -0.39 is 5.97 Å². The maximum absolute atomic E-state index is 12.5. The average Bonchev–Trinajstić information content (AvgIpc) is 3.11. The highest BCUT2D eigenvalue weighted by atomic mass is 16.5. The number of esters is 1. The zero-order chi connectivity index (χ0) is 19.2. The number of carbonyl (C=O) groups excluding carboxylic acids is 2. The maximum Gasteiger partial charge on any atom is 0.342 e. The summed E-state index contributed by atoms with van der Waals surface area (Å²) in [6.45, 7) is 2.20. The lowest BCUT2D eigenvalue weighted by Crippen LogP contribution is -2.25. The first-order chi connectivity index (χ1) is 13.1. The van der Waals surface area contributed by atoms with E-state index in [9.17, 15) is 9.59 Å². The predicted octanol–water partition coefficient (Wildman–Crippen LogP) is 2.81. The zero-order valence-electron chi connectivity index (χ0n) is 15.3. The van der Waals surface area contributed by atoms with Gasteiger partial charge < -0.3 is 10.1 Å². The van der Waals surface area contributed by atoms with Crippen molar-refractivity contribution in [1.29, 1.82) is 0 Å². The lowest BCUT2D eigenvalue weighted by molar-refractivity contribution is -0.123. The van der Waals surface area contributed by atoms with Gasteiger partial charge in [0.15, 0.2) is 6.61 Å². The van der Waals surface area contributed by atoms with Crippen LogP contribution < -0.4 is 5.32 Å². The van der Waals surface area contributed by atoms with Gasteiger partial charge in [0, 0.05) is 18.8 Å². The highest BCUT2D eigenvalue weighted by Crippen LogP contribution is 2.24. The van der Waals surface area contributed by atoms with Crippen molar-refractivity contribution in [2.45, 2.75) is 13.5 Å². The monoisotopic (exact) mass is 363 g/mol. The number of nitrogens with one attached hydrogen (secondary N) is 1. The summed E-state index contributed by atoms with van der Waals surface area (Å²) in [5.41, 5.74) is 3.87. The molecule has 1 aromatic heterocycles. The van der Waals surface area contributed by atoms with Crippen molar-refractivity contribution in [3.05, 3.63) is 77.5 Å². The van der Waals surface area contributed by atoms with Gasteiger partial charge in [-0.05, 0) is 12.5 Å². The van der Waals surface area contributed by atoms with E-state index in [2.05, 4.69) is 10.4 Å². The summed E-state index contributed by atoms with van der Waals surface area (Å²) in [6.07, 6.45) is 1.66. The van der Waals surface area contributed by atoms with Gasteiger partial charge in [0.25, 0.3) is 5.91 Å². The topological polar surface area (TPSA) is 73.2 Å². The zero-order valence-corrected chi connectivity index (χ0v) is 15.3. The predicted molar refractivity (Wildman–Crippen MR) is 102 cm³/mol. The summed E-state index contributed by atoms with van der Waals surface area (Å²) in [6, 6.07) is 17.6. The molecule has 0 saturated carbocycles. The van der Waals surface area contributed by atoms with E-state index in [1.165, 1.54) is 7.05 Å².